The lowest BCUT2D eigenvalue weighted by atomic mass is 9.93. The number of nitrogens with zero attached hydrogens (tertiary/aromatic N) is 1. The molecule has 0 aliphatic rings. The molecule has 248 valence electrons. The Balaban J connectivity index is 1.16. The van der Waals surface area contributed by atoms with E-state index in [9.17, 15) is 0 Å². The molecule has 0 amide bonds. The molecule has 0 spiro atoms. The van der Waals surface area contributed by atoms with Crippen LogP contribution in [0.4, 0.5) is 17.1 Å². The molecule has 0 atom stereocenters. The van der Waals surface area contributed by atoms with Gasteiger partial charge in [-0.3, -0.25) is 0 Å². The van der Waals surface area contributed by atoms with Gasteiger partial charge in [0.15, 0.2) is 0 Å². The van der Waals surface area contributed by atoms with Gasteiger partial charge in [0.2, 0.25) is 0 Å². The minimum Gasteiger partial charge on any atom is -0.308 e. The number of hydrogen-bond acceptors (Lipinski definition) is 3. The lowest BCUT2D eigenvalue weighted by Crippen LogP contribution is -2.10. The molecule has 0 unspecified atom stereocenters. The highest BCUT2D eigenvalue weighted by Crippen LogP contribution is 2.50. The Morgan fingerprint density at radius 2 is 0.943 bits per heavy atom. The van der Waals surface area contributed by atoms with Crippen LogP contribution in [0.3, 0.4) is 0 Å². The fourth-order valence-electron chi connectivity index (χ4n) is 8.26. The largest absolute Gasteiger partial charge is 0.308 e. The topological polar surface area (TPSA) is 3.24 Å². The Bertz CT molecular complexity index is 3170. The molecule has 2 heterocycles. The molecule has 11 rings (SSSR count). The number of anilines is 3. The van der Waals surface area contributed by atoms with Crippen molar-refractivity contribution < 1.29 is 0 Å². The first kappa shape index (κ1) is 30.4. The maximum atomic E-state index is 2.50. The van der Waals surface area contributed by atoms with Crippen molar-refractivity contribution in [3.8, 4) is 22.3 Å². The van der Waals surface area contributed by atoms with E-state index in [0.29, 0.717) is 0 Å². The lowest BCUT2D eigenvalue weighted by Gasteiger charge is -2.27. The number of rotatable bonds is 5. The number of fused-ring (bicyclic) bond motifs is 9. The fourth-order valence-corrected chi connectivity index (χ4v) is 10.7. The van der Waals surface area contributed by atoms with Gasteiger partial charge in [0.05, 0.1) is 16.1 Å². The quantitative estimate of drug-likeness (QED) is 0.161. The lowest BCUT2D eigenvalue weighted by molar-refractivity contribution is 1.32. The smallest absolute Gasteiger partial charge is 0.0640 e. The van der Waals surface area contributed by atoms with Gasteiger partial charge in [0.1, 0.15) is 0 Å². The van der Waals surface area contributed by atoms with E-state index in [1.807, 2.05) is 22.7 Å². The average molecular weight is 710 g/mol. The summed E-state index contributed by atoms with van der Waals surface area (Å²) in [4.78, 5) is 2.50. The summed E-state index contributed by atoms with van der Waals surface area (Å²) in [6.07, 6.45) is 0. The van der Waals surface area contributed by atoms with E-state index in [1.165, 1.54) is 95.5 Å². The molecule has 0 saturated carbocycles. The van der Waals surface area contributed by atoms with E-state index in [4.69, 9.17) is 0 Å². The van der Waals surface area contributed by atoms with Crippen LogP contribution in [0.5, 0.6) is 0 Å². The van der Waals surface area contributed by atoms with Gasteiger partial charge in [0.25, 0.3) is 0 Å². The van der Waals surface area contributed by atoms with Gasteiger partial charge < -0.3 is 4.90 Å². The minimum atomic E-state index is 1.13. The Morgan fingerprint density at radius 1 is 0.340 bits per heavy atom. The maximum absolute atomic E-state index is 2.50. The second kappa shape index (κ2) is 12.2. The molecule has 3 heteroatoms. The van der Waals surface area contributed by atoms with Crippen LogP contribution in [0.1, 0.15) is 0 Å². The highest BCUT2D eigenvalue weighted by molar-refractivity contribution is 7.27. The summed E-state index contributed by atoms with van der Waals surface area (Å²) < 4.78 is 5.20. The molecule has 0 saturated heterocycles. The highest BCUT2D eigenvalue weighted by atomic mass is 32.1. The molecule has 0 fully saturated rings. The first-order chi connectivity index (χ1) is 26.3. The predicted octanol–water partition coefficient (Wildman–Crippen LogP) is 15.5. The Hall–Kier alpha value is -6.26. The van der Waals surface area contributed by atoms with E-state index in [2.05, 4.69) is 193 Å². The number of benzene rings is 9. The molecule has 53 heavy (non-hydrogen) atoms. The zero-order valence-corrected chi connectivity index (χ0v) is 30.3. The Labute approximate surface area is 315 Å². The van der Waals surface area contributed by atoms with E-state index in [1.54, 1.807) is 0 Å². The van der Waals surface area contributed by atoms with Gasteiger partial charge in [-0.2, -0.15) is 0 Å². The first-order valence-electron chi connectivity index (χ1n) is 18.0. The third-order valence-corrected chi connectivity index (χ3v) is 13.1. The molecule has 0 N–H and O–H groups in total. The van der Waals surface area contributed by atoms with E-state index in [0.717, 1.165) is 5.69 Å². The van der Waals surface area contributed by atoms with Gasteiger partial charge in [-0.1, -0.05) is 146 Å². The van der Waals surface area contributed by atoms with Crippen molar-refractivity contribution in [1.82, 2.24) is 0 Å². The molecular weight excluding hydrogens is 679 g/mol. The molecular formula is C50H31NS2. The summed E-state index contributed by atoms with van der Waals surface area (Å²) in [5, 5.41) is 10.3. The third-order valence-electron chi connectivity index (χ3n) is 10.7. The normalized spacial score (nSPS) is 11.8. The van der Waals surface area contributed by atoms with Crippen molar-refractivity contribution in [3.63, 3.8) is 0 Å². The summed E-state index contributed by atoms with van der Waals surface area (Å²) in [5.41, 5.74) is 8.50. The van der Waals surface area contributed by atoms with Gasteiger partial charge in [-0.05, 0) is 86.3 Å². The van der Waals surface area contributed by atoms with Crippen molar-refractivity contribution in [2.45, 2.75) is 0 Å². The van der Waals surface area contributed by atoms with Gasteiger partial charge in [-0.25, -0.2) is 0 Å². The SMILES string of the molecule is c1ccc(-c2cccc3c2sc2c(N(c4ccc(-c5cc6ccccc6c6ccccc56)cc4)c4cccc5sc6ccccc6c45)cccc23)cc1. The highest BCUT2D eigenvalue weighted by Gasteiger charge is 2.22. The Kier molecular flexibility index (Phi) is 6.97. The van der Waals surface area contributed by atoms with Crippen LogP contribution in [0.15, 0.2) is 188 Å². The second-order valence-electron chi connectivity index (χ2n) is 13.6. The molecule has 0 aliphatic carbocycles. The Morgan fingerprint density at radius 3 is 1.79 bits per heavy atom. The minimum absolute atomic E-state index is 1.13. The summed E-state index contributed by atoms with van der Waals surface area (Å²) in [7, 11) is 0. The van der Waals surface area contributed by atoms with Crippen molar-refractivity contribution >= 4 is 102 Å². The van der Waals surface area contributed by atoms with Crippen molar-refractivity contribution in [3.05, 3.63) is 188 Å². The van der Waals surface area contributed by atoms with Crippen LogP contribution in [-0.4, -0.2) is 0 Å². The van der Waals surface area contributed by atoms with Crippen molar-refractivity contribution in [2.24, 2.45) is 0 Å². The van der Waals surface area contributed by atoms with Gasteiger partial charge in [-0.15, -0.1) is 22.7 Å². The molecule has 11 aromatic rings. The van der Waals surface area contributed by atoms with E-state index >= 15 is 0 Å². The van der Waals surface area contributed by atoms with Crippen LogP contribution in [0.25, 0.3) is 84.1 Å². The van der Waals surface area contributed by atoms with Gasteiger partial charge >= 0.3 is 0 Å². The average Bonchev–Trinajstić information content (AvgIpc) is 3.81. The molecule has 9 aromatic carbocycles. The first-order valence-corrected chi connectivity index (χ1v) is 19.6. The van der Waals surface area contributed by atoms with Crippen molar-refractivity contribution in [2.75, 3.05) is 4.90 Å². The van der Waals surface area contributed by atoms with Crippen LogP contribution >= 0.6 is 22.7 Å². The summed E-state index contributed by atoms with van der Waals surface area (Å²) >= 11 is 3.77. The monoisotopic (exact) mass is 709 g/mol. The summed E-state index contributed by atoms with van der Waals surface area (Å²) in [5.74, 6) is 0. The number of hydrogen-bond donors (Lipinski definition) is 0. The fraction of sp³-hybridized carbons (Fsp3) is 0. The molecule has 0 radical (unpaired) electrons. The van der Waals surface area contributed by atoms with Crippen LogP contribution in [-0.2, 0) is 0 Å². The second-order valence-corrected chi connectivity index (χ2v) is 15.7. The standard InChI is InChI=1S/C50H31NS2/c1-2-13-32(14-3-1)37-20-10-21-40-41-22-11-24-45(50(41)53-49(37)40)51(44-23-12-26-47-48(44)42-19-8-9-25-46(42)52-47)35-29-27-33(28-30-35)43-31-34-15-4-5-16-36(34)38-17-6-7-18-39(38)43/h1-31H. The predicted molar refractivity (Wildman–Crippen MR) is 233 cm³/mol. The van der Waals surface area contributed by atoms with Gasteiger partial charge in [0, 0.05) is 41.3 Å². The van der Waals surface area contributed by atoms with Crippen LogP contribution in [0.2, 0.25) is 0 Å². The zero-order valence-electron chi connectivity index (χ0n) is 28.7. The van der Waals surface area contributed by atoms with E-state index < -0.39 is 0 Å². The van der Waals surface area contributed by atoms with Crippen LogP contribution in [0, 0.1) is 0 Å². The third kappa shape index (κ3) is 4.82. The molecule has 0 aliphatic heterocycles. The summed E-state index contributed by atoms with van der Waals surface area (Å²) in [6, 6.07) is 69.1. The van der Waals surface area contributed by atoms with Crippen molar-refractivity contribution in [1.29, 1.82) is 0 Å². The van der Waals surface area contributed by atoms with E-state index in [-0.39, 0.29) is 0 Å². The molecule has 2 aromatic heterocycles. The van der Waals surface area contributed by atoms with Crippen LogP contribution < -0.4 is 4.90 Å². The molecule has 1 nitrogen and oxygen atoms in total. The maximum Gasteiger partial charge on any atom is 0.0640 e. The summed E-state index contributed by atoms with van der Waals surface area (Å²) in [6.45, 7) is 0. The molecule has 0 bridgehead atoms. The number of thiophene rings is 2. The zero-order chi connectivity index (χ0) is 34.9.